The van der Waals surface area contributed by atoms with E-state index < -0.39 is 0 Å². The molecule has 0 spiro atoms. The number of halogens is 1. The van der Waals surface area contributed by atoms with E-state index in [1.807, 2.05) is 61.2 Å². The van der Waals surface area contributed by atoms with Crippen LogP contribution in [0.25, 0.3) is 0 Å². The Kier molecular flexibility index (Phi) is 8.95. The second kappa shape index (κ2) is 11.2. The summed E-state index contributed by atoms with van der Waals surface area (Å²) in [5.41, 5.74) is 0.789. The third kappa shape index (κ3) is 6.73. The molecule has 0 bridgehead atoms. The number of nitrogens with zero attached hydrogens (tertiary/aromatic N) is 1. The first kappa shape index (κ1) is 23.2. The number of nitrogens with one attached hydrogen (secondary N) is 2. The zero-order valence-electron chi connectivity index (χ0n) is 16.7. The van der Waals surface area contributed by atoms with Crippen molar-refractivity contribution in [2.75, 3.05) is 31.6 Å². The lowest BCUT2D eigenvalue weighted by molar-refractivity contribution is -0.125. The number of hydrogen-bond acceptors (Lipinski definition) is 5. The molecule has 6 nitrogen and oxygen atoms in total. The van der Waals surface area contributed by atoms with E-state index in [0.717, 1.165) is 28.6 Å². The highest BCUT2D eigenvalue weighted by Gasteiger charge is 2.30. The van der Waals surface area contributed by atoms with Crippen LogP contribution in [0.15, 0.2) is 42.5 Å². The maximum atomic E-state index is 12.6. The van der Waals surface area contributed by atoms with Crippen LogP contribution in [-0.4, -0.2) is 43.0 Å². The first-order valence-corrected chi connectivity index (χ1v) is 10.5. The Morgan fingerprint density at radius 3 is 2.72 bits per heavy atom. The largest absolute Gasteiger partial charge is 0.484 e. The molecule has 2 heterocycles. The van der Waals surface area contributed by atoms with Crippen molar-refractivity contribution < 1.29 is 14.3 Å². The Balaban J connectivity index is 0.00000300. The molecule has 3 rings (SSSR count). The van der Waals surface area contributed by atoms with Crippen molar-refractivity contribution in [3.05, 3.63) is 47.3 Å². The lowest BCUT2D eigenvalue weighted by atomic mass is 10.1. The molecule has 158 valence electrons. The SMILES string of the molecule is CCOc1ccc([C@@H](C)NC(=O)[C@@H]2CCN(CC(=O)Nc3ccccc3)C2)s1.Cl. The molecule has 2 amide bonds. The van der Waals surface area contributed by atoms with E-state index in [0.29, 0.717) is 19.7 Å². The van der Waals surface area contributed by atoms with Crippen molar-refractivity contribution in [3.8, 4) is 5.06 Å². The third-order valence-corrected chi connectivity index (χ3v) is 5.92. The van der Waals surface area contributed by atoms with Gasteiger partial charge in [0.15, 0.2) is 5.06 Å². The quantitative estimate of drug-likeness (QED) is 0.660. The van der Waals surface area contributed by atoms with Crippen molar-refractivity contribution in [3.63, 3.8) is 0 Å². The van der Waals surface area contributed by atoms with Crippen LogP contribution in [-0.2, 0) is 9.59 Å². The Labute approximate surface area is 182 Å². The first-order valence-electron chi connectivity index (χ1n) is 9.65. The van der Waals surface area contributed by atoms with Crippen LogP contribution in [0.5, 0.6) is 5.06 Å². The number of likely N-dealkylation sites (tertiary alicyclic amines) is 1. The van der Waals surface area contributed by atoms with Crippen LogP contribution in [0, 0.1) is 5.92 Å². The maximum absolute atomic E-state index is 12.6. The number of hydrogen-bond donors (Lipinski definition) is 2. The van der Waals surface area contributed by atoms with Gasteiger partial charge in [-0.25, -0.2) is 0 Å². The summed E-state index contributed by atoms with van der Waals surface area (Å²) in [4.78, 5) is 27.9. The lowest BCUT2D eigenvalue weighted by Gasteiger charge is -2.17. The fourth-order valence-corrected chi connectivity index (χ4v) is 4.22. The van der Waals surface area contributed by atoms with Gasteiger partial charge in [-0.05, 0) is 51.1 Å². The van der Waals surface area contributed by atoms with Gasteiger partial charge in [-0.15, -0.1) is 23.7 Å². The molecule has 1 fully saturated rings. The molecule has 0 radical (unpaired) electrons. The highest BCUT2D eigenvalue weighted by atomic mass is 35.5. The molecule has 0 aliphatic carbocycles. The topological polar surface area (TPSA) is 70.7 Å². The number of anilines is 1. The van der Waals surface area contributed by atoms with E-state index in [1.54, 1.807) is 11.3 Å². The molecular formula is C21H28ClN3O3S. The lowest BCUT2D eigenvalue weighted by Crippen LogP contribution is -2.36. The van der Waals surface area contributed by atoms with Crippen molar-refractivity contribution in [2.24, 2.45) is 5.92 Å². The molecule has 2 aromatic rings. The van der Waals surface area contributed by atoms with Gasteiger partial charge in [-0.1, -0.05) is 18.2 Å². The molecule has 0 unspecified atom stereocenters. The van der Waals surface area contributed by atoms with Gasteiger partial charge in [-0.3, -0.25) is 14.5 Å². The number of para-hydroxylation sites is 1. The van der Waals surface area contributed by atoms with Crippen LogP contribution < -0.4 is 15.4 Å². The molecule has 1 aliphatic rings. The number of benzene rings is 1. The number of ether oxygens (including phenoxy) is 1. The highest BCUT2D eigenvalue weighted by Crippen LogP contribution is 2.29. The number of amides is 2. The predicted molar refractivity (Wildman–Crippen MR) is 119 cm³/mol. The standard InChI is InChI=1S/C21H27N3O3S.ClH/c1-3-27-20-10-9-18(28-20)15(2)22-21(26)16-11-12-24(13-16)14-19(25)23-17-7-5-4-6-8-17;/h4-10,15-16H,3,11-14H2,1-2H3,(H,22,26)(H,23,25);1H/t15-,16-;/m1./s1. The minimum atomic E-state index is -0.0849. The van der Waals surface area contributed by atoms with Crippen LogP contribution in [0.4, 0.5) is 5.69 Å². The normalized spacial score (nSPS) is 17.2. The molecule has 1 saturated heterocycles. The van der Waals surface area contributed by atoms with Crippen molar-refractivity contribution in [1.29, 1.82) is 0 Å². The number of thiophene rings is 1. The molecule has 2 N–H and O–H groups in total. The van der Waals surface area contributed by atoms with Gasteiger partial charge in [0.05, 0.1) is 25.1 Å². The van der Waals surface area contributed by atoms with Crippen LogP contribution in [0.1, 0.15) is 31.2 Å². The van der Waals surface area contributed by atoms with Gasteiger partial charge < -0.3 is 15.4 Å². The zero-order valence-corrected chi connectivity index (χ0v) is 18.4. The van der Waals surface area contributed by atoms with Crippen molar-refractivity contribution in [2.45, 2.75) is 26.3 Å². The Morgan fingerprint density at radius 2 is 2.00 bits per heavy atom. The molecule has 29 heavy (non-hydrogen) atoms. The Morgan fingerprint density at radius 1 is 1.24 bits per heavy atom. The third-order valence-electron chi connectivity index (χ3n) is 4.74. The molecule has 8 heteroatoms. The second-order valence-electron chi connectivity index (χ2n) is 6.96. The van der Waals surface area contributed by atoms with Crippen molar-refractivity contribution in [1.82, 2.24) is 10.2 Å². The molecule has 1 aromatic heterocycles. The fraction of sp³-hybridized carbons (Fsp3) is 0.429. The van der Waals surface area contributed by atoms with Gasteiger partial charge in [0.2, 0.25) is 11.8 Å². The number of carbonyl (C=O) groups excluding carboxylic acids is 2. The average molecular weight is 438 g/mol. The summed E-state index contributed by atoms with van der Waals surface area (Å²) in [7, 11) is 0. The van der Waals surface area contributed by atoms with Crippen LogP contribution in [0.3, 0.4) is 0 Å². The Bertz CT molecular complexity index is 799. The van der Waals surface area contributed by atoms with Gasteiger partial charge in [-0.2, -0.15) is 0 Å². The summed E-state index contributed by atoms with van der Waals surface area (Å²) >= 11 is 1.56. The fourth-order valence-electron chi connectivity index (χ4n) is 3.30. The summed E-state index contributed by atoms with van der Waals surface area (Å²) in [6.45, 7) is 6.24. The summed E-state index contributed by atoms with van der Waals surface area (Å²) in [6.07, 6.45) is 0.770. The highest BCUT2D eigenvalue weighted by molar-refractivity contribution is 7.13. The molecular weight excluding hydrogens is 410 g/mol. The van der Waals surface area contributed by atoms with E-state index in [1.165, 1.54) is 0 Å². The van der Waals surface area contributed by atoms with Gasteiger partial charge in [0.25, 0.3) is 0 Å². The molecule has 1 aromatic carbocycles. The monoisotopic (exact) mass is 437 g/mol. The van der Waals surface area contributed by atoms with E-state index >= 15 is 0 Å². The van der Waals surface area contributed by atoms with Gasteiger partial charge >= 0.3 is 0 Å². The second-order valence-corrected chi connectivity index (χ2v) is 8.03. The number of rotatable bonds is 8. The summed E-state index contributed by atoms with van der Waals surface area (Å²) in [5, 5.41) is 6.85. The summed E-state index contributed by atoms with van der Waals surface area (Å²) < 4.78 is 5.50. The summed E-state index contributed by atoms with van der Waals surface area (Å²) in [6, 6.07) is 13.3. The first-order chi connectivity index (χ1) is 13.5. The molecule has 2 atom stereocenters. The van der Waals surface area contributed by atoms with Gasteiger partial charge in [0.1, 0.15) is 0 Å². The predicted octanol–water partition coefficient (Wildman–Crippen LogP) is 3.71. The van der Waals surface area contributed by atoms with E-state index in [9.17, 15) is 9.59 Å². The van der Waals surface area contributed by atoms with E-state index in [-0.39, 0.29) is 36.2 Å². The van der Waals surface area contributed by atoms with E-state index in [2.05, 4.69) is 10.6 Å². The van der Waals surface area contributed by atoms with Crippen LogP contribution >= 0.6 is 23.7 Å². The van der Waals surface area contributed by atoms with Crippen molar-refractivity contribution >= 4 is 41.2 Å². The average Bonchev–Trinajstić information content (AvgIpc) is 3.32. The minimum absolute atomic E-state index is 0. The minimum Gasteiger partial charge on any atom is -0.484 e. The van der Waals surface area contributed by atoms with E-state index in [4.69, 9.17) is 4.74 Å². The Hall–Kier alpha value is -2.09. The summed E-state index contributed by atoms with van der Waals surface area (Å²) in [5.74, 6) is -0.0919. The van der Waals surface area contributed by atoms with Crippen LogP contribution in [0.2, 0.25) is 0 Å². The zero-order chi connectivity index (χ0) is 19.9. The number of carbonyl (C=O) groups is 2. The van der Waals surface area contributed by atoms with Gasteiger partial charge in [0, 0.05) is 17.1 Å². The molecule has 1 aliphatic heterocycles. The molecule has 0 saturated carbocycles. The smallest absolute Gasteiger partial charge is 0.238 e. The maximum Gasteiger partial charge on any atom is 0.238 e.